The highest BCUT2D eigenvalue weighted by atomic mass is 32.2. The van der Waals surface area contributed by atoms with Gasteiger partial charge in [0.25, 0.3) is 5.56 Å². The lowest BCUT2D eigenvalue weighted by Gasteiger charge is -2.07. The van der Waals surface area contributed by atoms with Crippen molar-refractivity contribution < 1.29 is 10.2 Å². The molecule has 0 bridgehead atoms. The first-order valence-electron chi connectivity index (χ1n) is 5.41. The highest BCUT2D eigenvalue weighted by Crippen LogP contribution is 2.07. The van der Waals surface area contributed by atoms with Crippen LogP contribution in [-0.4, -0.2) is 43.7 Å². The molecule has 0 aliphatic rings. The fourth-order valence-electron chi connectivity index (χ4n) is 1.44. The van der Waals surface area contributed by atoms with Crippen molar-refractivity contribution in [2.75, 3.05) is 12.4 Å². The van der Waals surface area contributed by atoms with Gasteiger partial charge in [-0.25, -0.2) is 4.68 Å². The number of fused-ring (bicyclic) bond motifs is 1. The van der Waals surface area contributed by atoms with Gasteiger partial charge in [0.05, 0.1) is 24.0 Å². The molecule has 96 valence electrons. The number of aromatic nitrogens is 3. The van der Waals surface area contributed by atoms with Crippen molar-refractivity contribution >= 4 is 22.7 Å². The molecule has 0 saturated carbocycles. The summed E-state index contributed by atoms with van der Waals surface area (Å²) >= 11 is 1.31. The molecule has 0 fully saturated rings. The van der Waals surface area contributed by atoms with Gasteiger partial charge in [-0.2, -0.15) is 0 Å². The minimum Gasteiger partial charge on any atom is -0.394 e. The third-order valence-electron chi connectivity index (χ3n) is 2.36. The molecule has 1 aromatic carbocycles. The fourth-order valence-corrected chi connectivity index (χ4v) is 2.26. The second kappa shape index (κ2) is 5.94. The number of aliphatic hydroxyl groups is 2. The van der Waals surface area contributed by atoms with Crippen molar-refractivity contribution in [3.05, 3.63) is 34.6 Å². The van der Waals surface area contributed by atoms with Crippen molar-refractivity contribution in [2.45, 2.75) is 12.0 Å². The normalized spacial score (nSPS) is 12.8. The minimum absolute atomic E-state index is 0.202. The van der Waals surface area contributed by atoms with E-state index in [1.165, 1.54) is 16.4 Å². The Morgan fingerprint density at radius 3 is 2.94 bits per heavy atom. The van der Waals surface area contributed by atoms with E-state index in [1.54, 1.807) is 24.3 Å². The van der Waals surface area contributed by atoms with Crippen molar-refractivity contribution in [3.8, 4) is 0 Å². The van der Waals surface area contributed by atoms with Crippen LogP contribution in [0.4, 0.5) is 0 Å². The Hall–Kier alpha value is -1.44. The van der Waals surface area contributed by atoms with Crippen LogP contribution in [0.25, 0.3) is 10.9 Å². The zero-order valence-corrected chi connectivity index (χ0v) is 10.4. The first kappa shape index (κ1) is 13.0. The molecule has 0 radical (unpaired) electrons. The third-order valence-corrected chi connectivity index (χ3v) is 3.41. The zero-order valence-electron chi connectivity index (χ0n) is 9.56. The van der Waals surface area contributed by atoms with Gasteiger partial charge in [0.2, 0.25) is 0 Å². The average molecular weight is 267 g/mol. The van der Waals surface area contributed by atoms with Gasteiger partial charge in [-0.15, -0.1) is 16.9 Å². The van der Waals surface area contributed by atoms with E-state index in [9.17, 15) is 9.90 Å². The predicted molar refractivity (Wildman–Crippen MR) is 69.3 cm³/mol. The molecule has 1 unspecified atom stereocenters. The summed E-state index contributed by atoms with van der Waals surface area (Å²) in [5.41, 5.74) is 0.366. The van der Waals surface area contributed by atoms with Crippen LogP contribution in [0.2, 0.25) is 0 Å². The largest absolute Gasteiger partial charge is 0.394 e. The molecule has 1 heterocycles. The molecular weight excluding hydrogens is 254 g/mol. The molecule has 0 aliphatic heterocycles. The summed E-state index contributed by atoms with van der Waals surface area (Å²) in [6, 6.07) is 7.01. The topological polar surface area (TPSA) is 88.2 Å². The summed E-state index contributed by atoms with van der Waals surface area (Å²) in [6.07, 6.45) is -0.779. The molecule has 0 aliphatic carbocycles. The third kappa shape index (κ3) is 2.87. The molecule has 0 amide bonds. The van der Waals surface area contributed by atoms with Crippen molar-refractivity contribution in [3.63, 3.8) is 0 Å². The molecule has 18 heavy (non-hydrogen) atoms. The van der Waals surface area contributed by atoms with E-state index in [-0.39, 0.29) is 12.2 Å². The Bertz CT molecular complexity index is 587. The first-order chi connectivity index (χ1) is 8.72. The van der Waals surface area contributed by atoms with E-state index in [4.69, 9.17) is 5.11 Å². The van der Waals surface area contributed by atoms with E-state index in [0.717, 1.165) is 0 Å². The Morgan fingerprint density at radius 1 is 1.39 bits per heavy atom. The SMILES string of the molecule is O=c1c2ccccc2nnn1CSCC(O)CO. The number of hydrogen-bond donors (Lipinski definition) is 2. The first-order valence-corrected chi connectivity index (χ1v) is 6.57. The van der Waals surface area contributed by atoms with Crippen LogP contribution in [0.15, 0.2) is 29.1 Å². The van der Waals surface area contributed by atoms with Crippen LogP contribution in [0.3, 0.4) is 0 Å². The van der Waals surface area contributed by atoms with Gasteiger partial charge < -0.3 is 10.2 Å². The number of aliphatic hydroxyl groups excluding tert-OH is 2. The number of thioether (sulfide) groups is 1. The Labute approximate surface area is 107 Å². The Morgan fingerprint density at radius 2 is 2.17 bits per heavy atom. The molecule has 7 heteroatoms. The monoisotopic (exact) mass is 267 g/mol. The molecule has 1 aromatic heterocycles. The molecule has 2 aromatic rings. The number of benzene rings is 1. The van der Waals surface area contributed by atoms with Gasteiger partial charge >= 0.3 is 0 Å². The van der Waals surface area contributed by atoms with Gasteiger partial charge in [0.15, 0.2) is 0 Å². The highest BCUT2D eigenvalue weighted by molar-refractivity contribution is 7.98. The number of rotatable bonds is 5. The van der Waals surface area contributed by atoms with E-state index < -0.39 is 6.10 Å². The second-order valence-electron chi connectivity index (χ2n) is 3.75. The molecule has 2 N–H and O–H groups in total. The van der Waals surface area contributed by atoms with Crippen LogP contribution in [0.5, 0.6) is 0 Å². The molecule has 2 rings (SSSR count). The quantitative estimate of drug-likeness (QED) is 0.782. The van der Waals surface area contributed by atoms with E-state index in [1.807, 2.05) is 0 Å². The summed E-state index contributed by atoms with van der Waals surface area (Å²) < 4.78 is 1.25. The van der Waals surface area contributed by atoms with Gasteiger partial charge in [0.1, 0.15) is 5.52 Å². The molecule has 1 atom stereocenters. The van der Waals surface area contributed by atoms with E-state index in [0.29, 0.717) is 22.5 Å². The van der Waals surface area contributed by atoms with Crippen LogP contribution in [0, 0.1) is 0 Å². The highest BCUT2D eigenvalue weighted by Gasteiger charge is 2.06. The number of hydrogen-bond acceptors (Lipinski definition) is 6. The van der Waals surface area contributed by atoms with Crippen LogP contribution >= 0.6 is 11.8 Å². The van der Waals surface area contributed by atoms with Crippen molar-refractivity contribution in [1.82, 2.24) is 15.0 Å². The standard InChI is InChI=1S/C11H13N3O3S/c15-5-8(16)6-18-7-14-11(17)9-3-1-2-4-10(9)12-13-14/h1-4,8,15-16H,5-7H2. The lowest BCUT2D eigenvalue weighted by molar-refractivity contribution is 0.113. The van der Waals surface area contributed by atoms with E-state index in [2.05, 4.69) is 10.3 Å². The summed E-state index contributed by atoms with van der Waals surface area (Å²) in [5.74, 6) is 0.644. The van der Waals surface area contributed by atoms with Gasteiger partial charge in [-0.3, -0.25) is 4.79 Å². The lowest BCUT2D eigenvalue weighted by atomic mass is 10.2. The second-order valence-corrected chi connectivity index (χ2v) is 4.75. The maximum absolute atomic E-state index is 12.0. The lowest BCUT2D eigenvalue weighted by Crippen LogP contribution is -2.24. The van der Waals surface area contributed by atoms with E-state index >= 15 is 0 Å². The Kier molecular flexibility index (Phi) is 4.29. The van der Waals surface area contributed by atoms with Gasteiger partial charge in [-0.1, -0.05) is 17.3 Å². The van der Waals surface area contributed by atoms with Crippen LogP contribution in [0.1, 0.15) is 0 Å². The maximum Gasteiger partial charge on any atom is 0.278 e. The van der Waals surface area contributed by atoms with Gasteiger partial charge in [-0.05, 0) is 12.1 Å². The predicted octanol–water partition coefficient (Wildman–Crippen LogP) is -0.165. The zero-order chi connectivity index (χ0) is 13.0. The molecule has 0 saturated heterocycles. The number of nitrogens with zero attached hydrogens (tertiary/aromatic N) is 3. The van der Waals surface area contributed by atoms with Crippen LogP contribution in [-0.2, 0) is 5.88 Å². The average Bonchev–Trinajstić information content (AvgIpc) is 2.41. The fraction of sp³-hybridized carbons (Fsp3) is 0.364. The van der Waals surface area contributed by atoms with Gasteiger partial charge in [0, 0.05) is 5.75 Å². The summed E-state index contributed by atoms with van der Waals surface area (Å²) in [4.78, 5) is 12.0. The molecular formula is C11H13N3O3S. The smallest absolute Gasteiger partial charge is 0.278 e. The summed E-state index contributed by atoms with van der Waals surface area (Å²) in [5, 5.41) is 26.1. The maximum atomic E-state index is 12.0. The minimum atomic E-state index is -0.779. The van der Waals surface area contributed by atoms with Crippen molar-refractivity contribution in [1.29, 1.82) is 0 Å². The molecule has 0 spiro atoms. The summed E-state index contributed by atoms with van der Waals surface area (Å²) in [6.45, 7) is -0.286. The summed E-state index contributed by atoms with van der Waals surface area (Å²) in [7, 11) is 0. The molecule has 6 nitrogen and oxygen atoms in total. The van der Waals surface area contributed by atoms with Crippen LogP contribution < -0.4 is 5.56 Å². The van der Waals surface area contributed by atoms with Crippen molar-refractivity contribution in [2.24, 2.45) is 0 Å². The Balaban J connectivity index is 2.14.